The van der Waals surface area contributed by atoms with E-state index in [1.807, 2.05) is 0 Å². The highest BCUT2D eigenvalue weighted by molar-refractivity contribution is 6.57. The molecule has 1 atom stereocenters. The van der Waals surface area contributed by atoms with Gasteiger partial charge in [-0.25, -0.2) is 0 Å². The average Bonchev–Trinajstić information content (AvgIpc) is 1.65. The summed E-state index contributed by atoms with van der Waals surface area (Å²) < 4.78 is 0. The Labute approximate surface area is 49.6 Å². The zero-order chi connectivity index (χ0) is 6.57. The van der Waals surface area contributed by atoms with Gasteiger partial charge in [0.2, 0.25) is 0 Å². The van der Waals surface area contributed by atoms with Crippen LogP contribution in [-0.2, 0) is 4.79 Å². The van der Waals surface area contributed by atoms with Crippen LogP contribution in [0.25, 0.3) is 0 Å². The minimum atomic E-state index is -0.785. The summed E-state index contributed by atoms with van der Waals surface area (Å²) >= 11 is 0. The molecule has 0 aromatic heterocycles. The standard InChI is InChI=1S/C5H7BO2/c1-2-4(7)3-5(6)8/h2,4,7H,1,3H2/t4-/m1/s1. The maximum atomic E-state index is 9.98. The summed E-state index contributed by atoms with van der Waals surface area (Å²) in [5.74, 6) is 0. The summed E-state index contributed by atoms with van der Waals surface area (Å²) in [5.41, 5.74) is -0.516. The number of carbonyl (C=O) groups is 1. The van der Waals surface area contributed by atoms with Gasteiger partial charge < -0.3 is 9.90 Å². The van der Waals surface area contributed by atoms with Crippen molar-refractivity contribution >= 4 is 13.5 Å². The molecule has 0 bridgehead atoms. The van der Waals surface area contributed by atoms with Crippen LogP contribution in [0.15, 0.2) is 12.7 Å². The number of rotatable bonds is 3. The molecule has 0 aromatic carbocycles. The van der Waals surface area contributed by atoms with Crippen LogP contribution in [0.2, 0.25) is 0 Å². The fraction of sp³-hybridized carbons (Fsp3) is 0.400. The molecule has 0 spiro atoms. The van der Waals surface area contributed by atoms with Gasteiger partial charge in [0, 0.05) is 6.42 Å². The Balaban J connectivity index is 3.38. The average molecular weight is 110 g/mol. The van der Waals surface area contributed by atoms with E-state index in [0.717, 1.165) is 0 Å². The number of hydrogen-bond acceptors (Lipinski definition) is 2. The van der Waals surface area contributed by atoms with Crippen molar-refractivity contribution in [3.63, 3.8) is 0 Å². The van der Waals surface area contributed by atoms with Crippen LogP contribution >= 0.6 is 0 Å². The molecule has 0 amide bonds. The Morgan fingerprint density at radius 1 is 2.00 bits per heavy atom. The van der Waals surface area contributed by atoms with E-state index >= 15 is 0 Å². The van der Waals surface area contributed by atoms with Gasteiger partial charge in [0.1, 0.15) is 0 Å². The Kier molecular flexibility index (Phi) is 3.20. The molecule has 0 heterocycles. The largest absolute Gasteiger partial charge is 0.389 e. The van der Waals surface area contributed by atoms with Crippen molar-refractivity contribution in [2.75, 3.05) is 0 Å². The zero-order valence-electron chi connectivity index (χ0n) is 4.50. The molecule has 42 valence electrons. The third kappa shape index (κ3) is 3.62. The van der Waals surface area contributed by atoms with E-state index in [0.29, 0.717) is 0 Å². The van der Waals surface area contributed by atoms with Gasteiger partial charge in [0.05, 0.1) is 11.8 Å². The fourth-order valence-corrected chi connectivity index (χ4v) is 0.289. The molecule has 0 rings (SSSR count). The summed E-state index contributed by atoms with van der Waals surface area (Å²) in [7, 11) is 4.72. The third-order valence-electron chi connectivity index (χ3n) is 0.682. The summed E-state index contributed by atoms with van der Waals surface area (Å²) in [6.45, 7) is 3.26. The summed E-state index contributed by atoms with van der Waals surface area (Å²) in [6.07, 6.45) is 0.446. The molecule has 1 N–H and O–H groups in total. The monoisotopic (exact) mass is 110 g/mol. The van der Waals surface area contributed by atoms with Gasteiger partial charge in [-0.15, -0.1) is 6.58 Å². The molecule has 2 nitrogen and oxygen atoms in total. The highest BCUT2D eigenvalue weighted by atomic mass is 16.3. The second-order valence-corrected chi connectivity index (χ2v) is 1.47. The van der Waals surface area contributed by atoms with Crippen molar-refractivity contribution in [2.24, 2.45) is 0 Å². The molecule has 0 aliphatic carbocycles. The SMILES string of the molecule is [B]C(=O)C[C@H](O)C=C. The quantitative estimate of drug-likeness (QED) is 0.397. The van der Waals surface area contributed by atoms with E-state index in [-0.39, 0.29) is 6.42 Å². The highest BCUT2D eigenvalue weighted by Crippen LogP contribution is 1.89. The van der Waals surface area contributed by atoms with E-state index in [9.17, 15) is 4.79 Å². The lowest BCUT2D eigenvalue weighted by Crippen LogP contribution is -2.09. The normalized spacial score (nSPS) is 12.6. The van der Waals surface area contributed by atoms with Crippen molar-refractivity contribution in [1.29, 1.82) is 0 Å². The number of hydrogen-bond donors (Lipinski definition) is 1. The molecular weight excluding hydrogens is 103 g/mol. The molecule has 0 aliphatic heterocycles. The number of aliphatic hydroxyl groups excluding tert-OH is 1. The van der Waals surface area contributed by atoms with Crippen molar-refractivity contribution in [2.45, 2.75) is 12.5 Å². The Hall–Kier alpha value is -0.565. The summed E-state index contributed by atoms with van der Waals surface area (Å²) in [5, 5.41) is 8.61. The lowest BCUT2D eigenvalue weighted by Gasteiger charge is -1.97. The molecule has 0 fully saturated rings. The maximum Gasteiger partial charge on any atom is 0.167 e. The van der Waals surface area contributed by atoms with Crippen molar-refractivity contribution < 1.29 is 9.90 Å². The molecule has 2 radical (unpaired) electrons. The number of aliphatic hydroxyl groups is 1. The third-order valence-corrected chi connectivity index (χ3v) is 0.682. The first-order valence-electron chi connectivity index (χ1n) is 2.25. The molecular formula is C5H7BO2. The fourth-order valence-electron chi connectivity index (χ4n) is 0.289. The van der Waals surface area contributed by atoms with Crippen molar-refractivity contribution in [3.8, 4) is 0 Å². The van der Waals surface area contributed by atoms with Crippen LogP contribution in [0.1, 0.15) is 6.42 Å². The minimum Gasteiger partial charge on any atom is -0.389 e. The minimum absolute atomic E-state index is 0.0382. The molecule has 8 heavy (non-hydrogen) atoms. The van der Waals surface area contributed by atoms with Crippen molar-refractivity contribution in [3.05, 3.63) is 12.7 Å². The lowest BCUT2D eigenvalue weighted by atomic mass is 9.97. The molecule has 0 aliphatic rings. The molecule has 0 unspecified atom stereocenters. The van der Waals surface area contributed by atoms with E-state index in [1.54, 1.807) is 0 Å². The summed E-state index contributed by atoms with van der Waals surface area (Å²) in [4.78, 5) is 9.98. The van der Waals surface area contributed by atoms with Gasteiger partial charge in [0.25, 0.3) is 0 Å². The van der Waals surface area contributed by atoms with Crippen LogP contribution in [0.3, 0.4) is 0 Å². The Bertz CT molecular complexity index is 101. The van der Waals surface area contributed by atoms with E-state index in [1.165, 1.54) is 6.08 Å². The first-order valence-corrected chi connectivity index (χ1v) is 2.25. The van der Waals surface area contributed by atoms with E-state index in [4.69, 9.17) is 13.0 Å². The van der Waals surface area contributed by atoms with E-state index in [2.05, 4.69) is 6.58 Å². The van der Waals surface area contributed by atoms with Crippen LogP contribution < -0.4 is 0 Å². The highest BCUT2D eigenvalue weighted by Gasteiger charge is 1.99. The molecule has 0 saturated carbocycles. The van der Waals surface area contributed by atoms with Gasteiger partial charge in [-0.1, -0.05) is 6.08 Å². The van der Waals surface area contributed by atoms with E-state index < -0.39 is 11.8 Å². The predicted octanol–water partition coefficient (Wildman–Crippen LogP) is -0.381. The smallest absolute Gasteiger partial charge is 0.167 e. The Morgan fingerprint density at radius 3 is 2.62 bits per heavy atom. The van der Waals surface area contributed by atoms with Crippen LogP contribution in [0, 0.1) is 0 Å². The van der Waals surface area contributed by atoms with Crippen LogP contribution in [0.4, 0.5) is 0 Å². The number of carbonyl (C=O) groups excluding carboxylic acids is 1. The molecule has 0 aromatic rings. The predicted molar refractivity (Wildman–Crippen MR) is 31.6 cm³/mol. The second kappa shape index (κ2) is 3.44. The zero-order valence-corrected chi connectivity index (χ0v) is 4.50. The first-order chi connectivity index (χ1) is 3.66. The van der Waals surface area contributed by atoms with Gasteiger partial charge >= 0.3 is 0 Å². The lowest BCUT2D eigenvalue weighted by molar-refractivity contribution is -0.112. The van der Waals surface area contributed by atoms with Crippen LogP contribution in [-0.4, -0.2) is 24.7 Å². The molecule has 0 saturated heterocycles. The topological polar surface area (TPSA) is 37.3 Å². The first kappa shape index (κ1) is 7.43. The van der Waals surface area contributed by atoms with Gasteiger partial charge in [-0.3, -0.25) is 0 Å². The van der Waals surface area contributed by atoms with Crippen LogP contribution in [0.5, 0.6) is 0 Å². The maximum absolute atomic E-state index is 9.98. The van der Waals surface area contributed by atoms with Gasteiger partial charge in [0.15, 0.2) is 7.85 Å². The van der Waals surface area contributed by atoms with Crippen molar-refractivity contribution in [1.82, 2.24) is 0 Å². The van der Waals surface area contributed by atoms with Gasteiger partial charge in [-0.05, 0) is 0 Å². The molecule has 3 heteroatoms. The second-order valence-electron chi connectivity index (χ2n) is 1.47. The summed E-state index contributed by atoms with van der Waals surface area (Å²) in [6, 6.07) is 0. The Morgan fingerprint density at radius 2 is 2.50 bits per heavy atom. The van der Waals surface area contributed by atoms with Gasteiger partial charge in [-0.2, -0.15) is 0 Å².